The van der Waals surface area contributed by atoms with E-state index in [9.17, 15) is 4.79 Å². The van der Waals surface area contributed by atoms with Crippen LogP contribution >= 0.6 is 0 Å². The minimum absolute atomic E-state index is 0.0812. The Bertz CT molecular complexity index is 919. The summed E-state index contributed by atoms with van der Waals surface area (Å²) in [5.74, 6) is 1.10. The van der Waals surface area contributed by atoms with Crippen LogP contribution in [0.5, 0.6) is 0 Å². The molecule has 3 aromatic rings. The zero-order valence-electron chi connectivity index (χ0n) is 15.1. The van der Waals surface area contributed by atoms with Crippen LogP contribution in [0.15, 0.2) is 47.4 Å². The first-order valence-electron chi connectivity index (χ1n) is 8.86. The van der Waals surface area contributed by atoms with Gasteiger partial charge in [-0.15, -0.1) is 0 Å². The van der Waals surface area contributed by atoms with E-state index in [-0.39, 0.29) is 5.91 Å². The van der Waals surface area contributed by atoms with E-state index in [1.54, 1.807) is 11.1 Å². The SMILES string of the molecule is Cc1cccc(-c2noc(CN3CCN(C(=O)c4cnccn4)CC3)n2)c1. The van der Waals surface area contributed by atoms with Gasteiger partial charge in [-0.05, 0) is 13.0 Å². The molecule has 0 bridgehead atoms. The Morgan fingerprint density at radius 3 is 2.78 bits per heavy atom. The van der Waals surface area contributed by atoms with Crippen molar-refractivity contribution in [1.29, 1.82) is 0 Å². The van der Waals surface area contributed by atoms with Crippen molar-refractivity contribution in [2.24, 2.45) is 0 Å². The van der Waals surface area contributed by atoms with Crippen LogP contribution in [0.4, 0.5) is 0 Å². The highest BCUT2D eigenvalue weighted by Gasteiger charge is 2.24. The molecule has 1 amide bonds. The van der Waals surface area contributed by atoms with Crippen LogP contribution in [-0.2, 0) is 6.54 Å². The fourth-order valence-electron chi connectivity index (χ4n) is 3.09. The minimum Gasteiger partial charge on any atom is -0.338 e. The molecule has 27 heavy (non-hydrogen) atoms. The third-order valence-electron chi connectivity index (χ3n) is 4.55. The molecular formula is C19H20N6O2. The lowest BCUT2D eigenvalue weighted by atomic mass is 10.1. The van der Waals surface area contributed by atoms with Crippen LogP contribution in [0.1, 0.15) is 21.9 Å². The number of carbonyl (C=O) groups is 1. The van der Waals surface area contributed by atoms with Crippen LogP contribution < -0.4 is 0 Å². The summed E-state index contributed by atoms with van der Waals surface area (Å²) in [6, 6.07) is 8.02. The molecule has 0 atom stereocenters. The summed E-state index contributed by atoms with van der Waals surface area (Å²) in [4.78, 5) is 28.9. The van der Waals surface area contributed by atoms with Gasteiger partial charge < -0.3 is 9.42 Å². The topological polar surface area (TPSA) is 88.3 Å². The molecule has 3 heterocycles. The summed E-state index contributed by atoms with van der Waals surface area (Å²) in [6.45, 7) is 5.36. The summed E-state index contributed by atoms with van der Waals surface area (Å²) < 4.78 is 5.40. The smallest absolute Gasteiger partial charge is 0.274 e. The largest absolute Gasteiger partial charge is 0.338 e. The minimum atomic E-state index is -0.0812. The van der Waals surface area contributed by atoms with Crippen molar-refractivity contribution in [1.82, 2.24) is 29.9 Å². The maximum absolute atomic E-state index is 12.4. The molecule has 0 N–H and O–H groups in total. The molecule has 0 spiro atoms. The first-order valence-corrected chi connectivity index (χ1v) is 8.86. The maximum atomic E-state index is 12.4. The fraction of sp³-hybridized carbons (Fsp3) is 0.316. The predicted octanol–water partition coefficient (Wildman–Crippen LogP) is 1.79. The second kappa shape index (κ2) is 7.63. The summed E-state index contributed by atoms with van der Waals surface area (Å²) in [5, 5.41) is 4.08. The Balaban J connectivity index is 1.34. The first kappa shape index (κ1) is 17.3. The van der Waals surface area contributed by atoms with Crippen LogP contribution in [0.25, 0.3) is 11.4 Å². The predicted molar refractivity (Wildman–Crippen MR) is 97.7 cm³/mol. The summed E-state index contributed by atoms with van der Waals surface area (Å²) >= 11 is 0. The Kier molecular flexibility index (Phi) is 4.88. The zero-order valence-corrected chi connectivity index (χ0v) is 15.1. The van der Waals surface area contributed by atoms with E-state index in [4.69, 9.17) is 4.52 Å². The monoisotopic (exact) mass is 364 g/mol. The molecule has 1 aliphatic heterocycles. The van der Waals surface area contributed by atoms with Gasteiger partial charge in [0, 0.05) is 44.1 Å². The second-order valence-corrected chi connectivity index (χ2v) is 6.54. The quantitative estimate of drug-likeness (QED) is 0.697. The van der Waals surface area contributed by atoms with Crippen molar-refractivity contribution in [3.8, 4) is 11.4 Å². The number of amides is 1. The molecule has 1 aliphatic rings. The van der Waals surface area contributed by atoms with Gasteiger partial charge in [0.05, 0.1) is 12.7 Å². The van der Waals surface area contributed by atoms with Crippen molar-refractivity contribution < 1.29 is 9.32 Å². The van der Waals surface area contributed by atoms with Gasteiger partial charge in [0.15, 0.2) is 0 Å². The molecule has 0 saturated carbocycles. The molecule has 2 aromatic heterocycles. The summed E-state index contributed by atoms with van der Waals surface area (Å²) in [5.41, 5.74) is 2.48. The van der Waals surface area contributed by atoms with Gasteiger partial charge in [0.25, 0.3) is 5.91 Å². The third kappa shape index (κ3) is 4.01. The van der Waals surface area contributed by atoms with Gasteiger partial charge in [-0.3, -0.25) is 14.7 Å². The molecule has 1 fully saturated rings. The van der Waals surface area contributed by atoms with Crippen molar-refractivity contribution in [3.05, 3.63) is 60.0 Å². The molecule has 0 aliphatic carbocycles. The standard InChI is InChI=1S/C19H20N6O2/c1-14-3-2-4-15(11-14)18-22-17(27-23-18)13-24-7-9-25(10-8-24)19(26)16-12-20-5-6-21-16/h2-6,11-12H,7-10,13H2,1H3. The van der Waals surface area contributed by atoms with E-state index >= 15 is 0 Å². The number of aryl methyl sites for hydroxylation is 1. The highest BCUT2D eigenvalue weighted by atomic mass is 16.5. The first-order chi connectivity index (χ1) is 13.2. The van der Waals surface area contributed by atoms with E-state index < -0.39 is 0 Å². The van der Waals surface area contributed by atoms with Crippen LogP contribution in [0.3, 0.4) is 0 Å². The van der Waals surface area contributed by atoms with E-state index in [1.165, 1.54) is 12.4 Å². The Morgan fingerprint density at radius 2 is 2.04 bits per heavy atom. The Hall–Kier alpha value is -3.13. The fourth-order valence-corrected chi connectivity index (χ4v) is 3.09. The number of benzene rings is 1. The van der Waals surface area contributed by atoms with Gasteiger partial charge in [0.1, 0.15) is 5.69 Å². The van der Waals surface area contributed by atoms with Gasteiger partial charge >= 0.3 is 0 Å². The number of aromatic nitrogens is 4. The molecule has 1 aromatic carbocycles. The lowest BCUT2D eigenvalue weighted by Gasteiger charge is -2.33. The Morgan fingerprint density at radius 1 is 1.19 bits per heavy atom. The zero-order chi connectivity index (χ0) is 18.6. The van der Waals surface area contributed by atoms with Crippen molar-refractivity contribution in [2.75, 3.05) is 26.2 Å². The van der Waals surface area contributed by atoms with E-state index in [1.807, 2.05) is 31.2 Å². The molecule has 138 valence electrons. The molecule has 8 heteroatoms. The Labute approximate surface area is 156 Å². The number of rotatable bonds is 4. The lowest BCUT2D eigenvalue weighted by molar-refractivity contribution is 0.0609. The van der Waals surface area contributed by atoms with Gasteiger partial charge in [-0.2, -0.15) is 4.98 Å². The molecule has 1 saturated heterocycles. The highest BCUT2D eigenvalue weighted by molar-refractivity contribution is 5.92. The number of nitrogens with zero attached hydrogens (tertiary/aromatic N) is 6. The van der Waals surface area contributed by atoms with Gasteiger partial charge in [-0.25, -0.2) is 4.98 Å². The van der Waals surface area contributed by atoms with E-state index in [2.05, 4.69) is 25.0 Å². The summed E-state index contributed by atoms with van der Waals surface area (Å²) in [6.07, 6.45) is 4.59. The number of hydrogen-bond donors (Lipinski definition) is 0. The molecule has 0 unspecified atom stereocenters. The van der Waals surface area contributed by atoms with Crippen molar-refractivity contribution in [3.63, 3.8) is 0 Å². The molecular weight excluding hydrogens is 344 g/mol. The lowest BCUT2D eigenvalue weighted by Crippen LogP contribution is -2.48. The van der Waals surface area contributed by atoms with Crippen LogP contribution in [-0.4, -0.2) is 62.0 Å². The van der Waals surface area contributed by atoms with E-state index in [0.717, 1.165) is 24.2 Å². The van der Waals surface area contributed by atoms with Gasteiger partial charge in [-0.1, -0.05) is 28.9 Å². The third-order valence-corrected chi connectivity index (χ3v) is 4.55. The summed E-state index contributed by atoms with van der Waals surface area (Å²) in [7, 11) is 0. The second-order valence-electron chi connectivity index (χ2n) is 6.54. The average Bonchev–Trinajstić information content (AvgIpc) is 3.17. The van der Waals surface area contributed by atoms with Crippen molar-refractivity contribution >= 4 is 5.91 Å². The molecule has 8 nitrogen and oxygen atoms in total. The molecule has 0 radical (unpaired) electrons. The maximum Gasteiger partial charge on any atom is 0.274 e. The average molecular weight is 364 g/mol. The van der Waals surface area contributed by atoms with Crippen LogP contribution in [0.2, 0.25) is 0 Å². The normalized spacial score (nSPS) is 15.1. The van der Waals surface area contributed by atoms with E-state index in [0.29, 0.717) is 37.0 Å². The van der Waals surface area contributed by atoms with Crippen molar-refractivity contribution in [2.45, 2.75) is 13.5 Å². The van der Waals surface area contributed by atoms with Gasteiger partial charge in [0.2, 0.25) is 11.7 Å². The van der Waals surface area contributed by atoms with Crippen LogP contribution in [0, 0.1) is 6.92 Å². The number of carbonyl (C=O) groups excluding carboxylic acids is 1. The number of hydrogen-bond acceptors (Lipinski definition) is 7. The number of piperazine rings is 1. The highest BCUT2D eigenvalue weighted by Crippen LogP contribution is 2.18. The molecule has 4 rings (SSSR count).